The predicted octanol–water partition coefficient (Wildman–Crippen LogP) is 3.65. The van der Waals surface area contributed by atoms with Gasteiger partial charge < -0.3 is 24.5 Å². The highest BCUT2D eigenvalue weighted by molar-refractivity contribution is 5.83. The Balaban J connectivity index is 1.40. The standard InChI is InChI=1S/C29H35N7O4/c1-39-25-17-19-16-23(29(38)30-24(19)18-26(25)40-2)27(28-31-32-33-36(28)21-6-4-3-5-7-21)35-14-12-34(13-15-35)20-8-10-22(37)11-9-20/h8-11,16-18,21,27,37H,3-7,12-15H2,1-2H3,(H,30,38). The number of phenols is 1. The maximum absolute atomic E-state index is 13.7. The number of ether oxygens (including phenoxy) is 2. The molecule has 3 heterocycles. The van der Waals surface area contributed by atoms with Crippen LogP contribution in [0, 0.1) is 0 Å². The molecule has 2 fully saturated rings. The number of methoxy groups -OCH3 is 2. The van der Waals surface area contributed by atoms with Gasteiger partial charge in [0.2, 0.25) is 0 Å². The molecule has 1 atom stereocenters. The summed E-state index contributed by atoms with van der Waals surface area (Å²) in [5, 5.41) is 23.6. The molecule has 1 unspecified atom stereocenters. The average molecular weight is 546 g/mol. The number of aromatic hydroxyl groups is 1. The highest BCUT2D eigenvalue weighted by Crippen LogP contribution is 2.36. The molecular weight excluding hydrogens is 510 g/mol. The smallest absolute Gasteiger partial charge is 0.253 e. The fraction of sp³-hybridized carbons (Fsp3) is 0.448. The van der Waals surface area contributed by atoms with Gasteiger partial charge in [-0.2, -0.15) is 0 Å². The third-order valence-corrected chi connectivity index (χ3v) is 8.25. The Kier molecular flexibility index (Phi) is 7.29. The normalized spacial score (nSPS) is 17.7. The number of H-pyrrole nitrogens is 1. The minimum atomic E-state index is -0.417. The van der Waals surface area contributed by atoms with Crippen LogP contribution in [0.1, 0.15) is 55.6 Å². The van der Waals surface area contributed by atoms with Crippen LogP contribution in [0.3, 0.4) is 0 Å². The molecule has 0 radical (unpaired) electrons. The van der Waals surface area contributed by atoms with E-state index in [9.17, 15) is 9.90 Å². The summed E-state index contributed by atoms with van der Waals surface area (Å²) < 4.78 is 13.0. The molecular formula is C29H35N7O4. The van der Waals surface area contributed by atoms with E-state index < -0.39 is 6.04 Å². The lowest BCUT2D eigenvalue weighted by Crippen LogP contribution is -2.49. The number of pyridine rings is 1. The second-order valence-corrected chi connectivity index (χ2v) is 10.6. The molecule has 0 bridgehead atoms. The van der Waals surface area contributed by atoms with Gasteiger partial charge in [-0.15, -0.1) is 5.10 Å². The zero-order chi connectivity index (χ0) is 27.6. The van der Waals surface area contributed by atoms with Gasteiger partial charge in [-0.05, 0) is 59.7 Å². The van der Waals surface area contributed by atoms with Gasteiger partial charge in [0, 0.05) is 48.9 Å². The monoisotopic (exact) mass is 545 g/mol. The first-order valence-electron chi connectivity index (χ1n) is 13.9. The van der Waals surface area contributed by atoms with Crippen LogP contribution >= 0.6 is 0 Å². The Morgan fingerprint density at radius 1 is 0.950 bits per heavy atom. The van der Waals surface area contributed by atoms with E-state index in [1.54, 1.807) is 32.4 Å². The van der Waals surface area contributed by atoms with Crippen molar-refractivity contribution in [2.45, 2.75) is 44.2 Å². The molecule has 6 rings (SSSR count). The van der Waals surface area contributed by atoms with Crippen LogP contribution in [0.4, 0.5) is 5.69 Å². The molecule has 2 aliphatic rings. The minimum absolute atomic E-state index is 0.177. The van der Waals surface area contributed by atoms with E-state index in [2.05, 4.69) is 30.3 Å². The van der Waals surface area contributed by atoms with Crippen molar-refractivity contribution in [3.05, 3.63) is 64.2 Å². The molecule has 2 N–H and O–H groups in total. The molecule has 11 heteroatoms. The number of anilines is 1. The molecule has 4 aromatic rings. The number of benzene rings is 2. The second kappa shape index (κ2) is 11.2. The molecule has 11 nitrogen and oxygen atoms in total. The Bertz CT molecular complexity index is 1520. The van der Waals surface area contributed by atoms with Crippen LogP contribution in [0.15, 0.2) is 47.3 Å². The molecule has 1 aliphatic heterocycles. The van der Waals surface area contributed by atoms with E-state index in [0.717, 1.165) is 49.8 Å². The zero-order valence-electron chi connectivity index (χ0n) is 22.9. The summed E-state index contributed by atoms with van der Waals surface area (Å²) in [5.41, 5.74) is 2.16. The molecule has 1 saturated carbocycles. The fourth-order valence-corrected chi connectivity index (χ4v) is 6.12. The number of hydrogen-bond acceptors (Lipinski definition) is 9. The summed E-state index contributed by atoms with van der Waals surface area (Å²) in [6.07, 6.45) is 5.59. The number of phenolic OH excluding ortho intramolecular Hbond substituents is 1. The number of rotatable bonds is 7. The van der Waals surface area contributed by atoms with Crippen molar-refractivity contribution in [3.63, 3.8) is 0 Å². The van der Waals surface area contributed by atoms with Gasteiger partial charge >= 0.3 is 0 Å². The molecule has 40 heavy (non-hydrogen) atoms. The van der Waals surface area contributed by atoms with Crippen LogP contribution in [-0.2, 0) is 0 Å². The van der Waals surface area contributed by atoms with Gasteiger partial charge in [0.05, 0.1) is 25.8 Å². The van der Waals surface area contributed by atoms with E-state index in [-0.39, 0.29) is 17.4 Å². The largest absolute Gasteiger partial charge is 0.508 e. The lowest BCUT2D eigenvalue weighted by Gasteiger charge is -2.40. The molecule has 1 saturated heterocycles. The summed E-state index contributed by atoms with van der Waals surface area (Å²) >= 11 is 0. The minimum Gasteiger partial charge on any atom is -0.508 e. The van der Waals surface area contributed by atoms with Crippen LogP contribution < -0.4 is 19.9 Å². The van der Waals surface area contributed by atoms with Crippen molar-refractivity contribution in [1.29, 1.82) is 0 Å². The van der Waals surface area contributed by atoms with Crippen LogP contribution in [-0.4, -0.2) is 75.6 Å². The summed E-state index contributed by atoms with van der Waals surface area (Å²) in [4.78, 5) is 21.4. The zero-order valence-corrected chi connectivity index (χ0v) is 22.9. The second-order valence-electron chi connectivity index (χ2n) is 10.6. The van der Waals surface area contributed by atoms with Gasteiger partial charge in [0.1, 0.15) is 11.8 Å². The summed E-state index contributed by atoms with van der Waals surface area (Å²) in [7, 11) is 3.18. The number of fused-ring (bicyclic) bond motifs is 1. The summed E-state index contributed by atoms with van der Waals surface area (Å²) in [6, 6.07) is 12.7. The number of piperazine rings is 1. The fourth-order valence-electron chi connectivity index (χ4n) is 6.12. The molecule has 0 amide bonds. The van der Waals surface area contributed by atoms with E-state index in [1.165, 1.54) is 6.42 Å². The van der Waals surface area contributed by atoms with Crippen molar-refractivity contribution >= 4 is 16.6 Å². The van der Waals surface area contributed by atoms with Crippen molar-refractivity contribution in [2.75, 3.05) is 45.3 Å². The topological polar surface area (TPSA) is 122 Å². The first kappa shape index (κ1) is 26.1. The number of nitrogens with zero attached hydrogens (tertiary/aromatic N) is 6. The van der Waals surface area contributed by atoms with Crippen LogP contribution in [0.25, 0.3) is 10.9 Å². The van der Waals surface area contributed by atoms with E-state index in [0.29, 0.717) is 41.5 Å². The Morgan fingerprint density at radius 3 is 2.35 bits per heavy atom. The van der Waals surface area contributed by atoms with Crippen molar-refractivity contribution in [1.82, 2.24) is 30.1 Å². The number of aromatic nitrogens is 5. The molecule has 0 spiro atoms. The number of aromatic amines is 1. The van der Waals surface area contributed by atoms with Gasteiger partial charge in [0.25, 0.3) is 5.56 Å². The lowest BCUT2D eigenvalue weighted by atomic mass is 9.95. The van der Waals surface area contributed by atoms with Gasteiger partial charge in [-0.3, -0.25) is 9.69 Å². The highest BCUT2D eigenvalue weighted by atomic mass is 16.5. The Hall–Kier alpha value is -4.12. The quantitative estimate of drug-likeness (QED) is 0.358. The molecule has 210 valence electrons. The first-order valence-corrected chi connectivity index (χ1v) is 13.9. The summed E-state index contributed by atoms with van der Waals surface area (Å²) in [6.45, 7) is 2.96. The maximum atomic E-state index is 13.7. The summed E-state index contributed by atoms with van der Waals surface area (Å²) in [5.74, 6) is 2.11. The molecule has 2 aromatic carbocycles. The van der Waals surface area contributed by atoms with Gasteiger partial charge in [-0.1, -0.05) is 19.3 Å². The lowest BCUT2D eigenvalue weighted by molar-refractivity contribution is 0.192. The van der Waals surface area contributed by atoms with Crippen LogP contribution in [0.5, 0.6) is 17.2 Å². The number of hydrogen-bond donors (Lipinski definition) is 2. The third-order valence-electron chi connectivity index (χ3n) is 8.25. The molecule has 2 aromatic heterocycles. The maximum Gasteiger partial charge on any atom is 0.253 e. The van der Waals surface area contributed by atoms with Crippen molar-refractivity contribution in [2.24, 2.45) is 0 Å². The van der Waals surface area contributed by atoms with Crippen molar-refractivity contribution in [3.8, 4) is 17.2 Å². The SMILES string of the molecule is COc1cc2cc(C(c3nnnn3C3CCCCC3)N3CCN(c4ccc(O)cc4)CC3)c(=O)[nH]c2cc1OC. The third kappa shape index (κ3) is 4.97. The number of tetrazole rings is 1. The van der Waals surface area contributed by atoms with Gasteiger partial charge in [0.15, 0.2) is 17.3 Å². The Labute approximate surface area is 232 Å². The highest BCUT2D eigenvalue weighted by Gasteiger charge is 2.34. The van der Waals surface area contributed by atoms with E-state index >= 15 is 0 Å². The first-order chi connectivity index (χ1) is 19.6. The average Bonchev–Trinajstić information content (AvgIpc) is 3.47. The van der Waals surface area contributed by atoms with Crippen LogP contribution in [0.2, 0.25) is 0 Å². The van der Waals surface area contributed by atoms with Crippen molar-refractivity contribution < 1.29 is 14.6 Å². The molecule has 1 aliphatic carbocycles. The van der Waals surface area contributed by atoms with E-state index in [4.69, 9.17) is 9.47 Å². The predicted molar refractivity (Wildman–Crippen MR) is 151 cm³/mol. The Morgan fingerprint density at radius 2 is 1.65 bits per heavy atom. The number of nitrogens with one attached hydrogen (secondary N) is 1. The van der Waals surface area contributed by atoms with Gasteiger partial charge in [-0.25, -0.2) is 4.68 Å². The van der Waals surface area contributed by atoms with E-state index in [1.807, 2.05) is 28.9 Å².